The molecule has 176 valence electrons. The van der Waals surface area contributed by atoms with E-state index in [9.17, 15) is 29.8 Å². The molecule has 1 aromatic heterocycles. The third-order valence-corrected chi connectivity index (χ3v) is 7.93. The van der Waals surface area contributed by atoms with Crippen molar-refractivity contribution in [2.75, 3.05) is 5.32 Å². The van der Waals surface area contributed by atoms with Crippen molar-refractivity contribution in [3.63, 3.8) is 0 Å². The molecule has 0 fully saturated rings. The Kier molecular flexibility index (Phi) is 6.55. The minimum absolute atomic E-state index is 0.123. The zero-order chi connectivity index (χ0) is 24.7. The Hall–Kier alpha value is -3.34. The molecular weight excluding hydrogens is 448 g/mol. The largest absolute Gasteiger partial charge is 0.365 e. The maximum atomic E-state index is 12.9. The van der Waals surface area contributed by atoms with Gasteiger partial charge in [-0.1, -0.05) is 27.2 Å². The minimum atomic E-state index is -0.785. The average Bonchev–Trinajstić information content (AvgIpc) is 3.10. The van der Waals surface area contributed by atoms with E-state index in [-0.39, 0.29) is 27.1 Å². The number of fused-ring (bicyclic) bond motifs is 1. The molecule has 3 rings (SSSR count). The van der Waals surface area contributed by atoms with Gasteiger partial charge < -0.3 is 11.1 Å². The first-order valence-electron chi connectivity index (χ1n) is 10.6. The van der Waals surface area contributed by atoms with Gasteiger partial charge in [-0.15, -0.1) is 11.3 Å². The van der Waals surface area contributed by atoms with Crippen molar-refractivity contribution in [2.24, 2.45) is 17.1 Å². The van der Waals surface area contributed by atoms with E-state index >= 15 is 0 Å². The quantitative estimate of drug-likeness (QED) is 0.434. The molecule has 0 saturated heterocycles. The van der Waals surface area contributed by atoms with Gasteiger partial charge in [-0.3, -0.25) is 29.8 Å². The highest BCUT2D eigenvalue weighted by Crippen LogP contribution is 2.45. The van der Waals surface area contributed by atoms with Crippen LogP contribution in [0.4, 0.5) is 16.4 Å². The Balaban J connectivity index is 2.00. The summed E-state index contributed by atoms with van der Waals surface area (Å²) in [7, 11) is 0. The molecule has 1 aliphatic carbocycles. The number of anilines is 1. The molecule has 2 amide bonds. The lowest BCUT2D eigenvalue weighted by Crippen LogP contribution is -2.29. The summed E-state index contributed by atoms with van der Waals surface area (Å²) < 4.78 is 0. The third kappa shape index (κ3) is 4.58. The van der Waals surface area contributed by atoms with Gasteiger partial charge in [-0.2, -0.15) is 0 Å². The van der Waals surface area contributed by atoms with Crippen LogP contribution in [0.25, 0.3) is 0 Å². The van der Waals surface area contributed by atoms with Crippen LogP contribution in [0, 0.1) is 38.5 Å². The predicted molar refractivity (Wildman–Crippen MR) is 125 cm³/mol. The summed E-state index contributed by atoms with van der Waals surface area (Å²) in [4.78, 5) is 47.3. The lowest BCUT2D eigenvalue weighted by molar-refractivity contribution is -0.395. The number of amides is 2. The Morgan fingerprint density at radius 1 is 1.21 bits per heavy atom. The number of rotatable bonds is 7. The zero-order valence-electron chi connectivity index (χ0n) is 18.9. The van der Waals surface area contributed by atoms with Gasteiger partial charge in [0.25, 0.3) is 23.2 Å². The van der Waals surface area contributed by atoms with E-state index in [0.717, 1.165) is 41.8 Å². The molecule has 3 N–H and O–H groups in total. The van der Waals surface area contributed by atoms with E-state index < -0.39 is 33.0 Å². The van der Waals surface area contributed by atoms with Crippen LogP contribution in [0.3, 0.4) is 0 Å². The molecule has 0 spiro atoms. The third-order valence-electron chi connectivity index (χ3n) is 6.76. The summed E-state index contributed by atoms with van der Waals surface area (Å²) in [6, 6.07) is 1.99. The van der Waals surface area contributed by atoms with Crippen molar-refractivity contribution in [1.82, 2.24) is 0 Å². The predicted octanol–water partition coefficient (Wildman–Crippen LogP) is 4.77. The van der Waals surface area contributed by atoms with Gasteiger partial charge >= 0.3 is 0 Å². The molecule has 0 aliphatic heterocycles. The second kappa shape index (κ2) is 8.89. The highest BCUT2D eigenvalue weighted by molar-refractivity contribution is 7.17. The summed E-state index contributed by atoms with van der Waals surface area (Å²) in [5.41, 5.74) is 5.38. The SMILES string of the molecule is CCC(C)(C)[C@H]1CCc2c(sc(NC(=O)c3cc([N+](=O)[O-])c(C)c([N+](=O)[O-])c3)c2C(N)=O)C1. The monoisotopic (exact) mass is 474 g/mol. The number of nitrogens with two attached hydrogens (primary N) is 1. The second-order valence-electron chi connectivity index (χ2n) is 8.96. The zero-order valence-corrected chi connectivity index (χ0v) is 19.7. The van der Waals surface area contributed by atoms with Crippen molar-refractivity contribution in [3.05, 3.63) is 59.5 Å². The molecular formula is C22H26N4O6S. The van der Waals surface area contributed by atoms with E-state index in [1.807, 2.05) is 0 Å². The van der Waals surface area contributed by atoms with Crippen LogP contribution < -0.4 is 11.1 Å². The molecule has 1 aliphatic rings. The topological polar surface area (TPSA) is 158 Å². The summed E-state index contributed by atoms with van der Waals surface area (Å²) >= 11 is 1.27. The molecule has 10 nitrogen and oxygen atoms in total. The fraction of sp³-hybridized carbons (Fsp3) is 0.455. The molecule has 11 heteroatoms. The molecule has 1 aromatic carbocycles. The Labute approximate surface area is 194 Å². The Morgan fingerprint density at radius 3 is 2.27 bits per heavy atom. The number of thiophene rings is 1. The van der Waals surface area contributed by atoms with Crippen molar-refractivity contribution in [1.29, 1.82) is 0 Å². The van der Waals surface area contributed by atoms with Crippen LogP contribution >= 0.6 is 11.3 Å². The molecule has 0 saturated carbocycles. The number of nitrogens with zero attached hydrogens (tertiary/aromatic N) is 2. The van der Waals surface area contributed by atoms with Crippen molar-refractivity contribution < 1.29 is 19.4 Å². The van der Waals surface area contributed by atoms with Crippen molar-refractivity contribution in [3.8, 4) is 0 Å². The minimum Gasteiger partial charge on any atom is -0.365 e. The van der Waals surface area contributed by atoms with Crippen LogP contribution in [-0.2, 0) is 12.8 Å². The van der Waals surface area contributed by atoms with Gasteiger partial charge in [0.15, 0.2) is 0 Å². The smallest absolute Gasteiger partial charge is 0.279 e. The molecule has 33 heavy (non-hydrogen) atoms. The van der Waals surface area contributed by atoms with Crippen LogP contribution in [0.1, 0.15) is 70.3 Å². The standard InChI is InChI=1S/C22H26N4O6S/c1-5-22(3,4)13-6-7-14-17(10-13)33-21(18(14)19(23)27)24-20(28)12-8-15(25(29)30)11(2)16(9-12)26(31)32/h8-9,13H,5-7,10H2,1-4H3,(H2,23,27)(H,24,28)/t13-/m0/s1. The maximum Gasteiger partial charge on any atom is 0.279 e. The molecule has 1 heterocycles. The van der Waals surface area contributed by atoms with Gasteiger partial charge in [-0.05, 0) is 43.1 Å². The van der Waals surface area contributed by atoms with Crippen molar-refractivity contribution >= 4 is 39.5 Å². The van der Waals surface area contributed by atoms with Gasteiger partial charge in [-0.25, -0.2) is 0 Å². The first kappa shape index (κ1) is 24.3. The fourth-order valence-electron chi connectivity index (χ4n) is 4.26. The number of carbonyl (C=O) groups excluding carboxylic acids is 2. The molecule has 0 radical (unpaired) electrons. The van der Waals surface area contributed by atoms with E-state index in [1.165, 1.54) is 18.3 Å². The number of carbonyl (C=O) groups is 2. The number of hydrogen-bond acceptors (Lipinski definition) is 7. The first-order valence-corrected chi connectivity index (χ1v) is 11.4. The van der Waals surface area contributed by atoms with Gasteiger partial charge in [0.2, 0.25) is 0 Å². The van der Waals surface area contributed by atoms with Crippen LogP contribution in [0.2, 0.25) is 0 Å². The molecule has 2 aromatic rings. The van der Waals surface area contributed by atoms with Crippen LogP contribution in [0.5, 0.6) is 0 Å². The number of hydrogen-bond donors (Lipinski definition) is 2. The van der Waals surface area contributed by atoms with Gasteiger partial charge in [0.05, 0.1) is 21.0 Å². The van der Waals surface area contributed by atoms with Crippen LogP contribution in [-0.4, -0.2) is 21.7 Å². The average molecular weight is 475 g/mol. The fourth-order valence-corrected chi connectivity index (χ4v) is 5.59. The summed E-state index contributed by atoms with van der Waals surface area (Å²) in [6.07, 6.45) is 3.33. The number of nitro groups is 2. The summed E-state index contributed by atoms with van der Waals surface area (Å²) in [5.74, 6) is -1.04. The lowest BCUT2D eigenvalue weighted by Gasteiger charge is -2.36. The van der Waals surface area contributed by atoms with E-state index in [2.05, 4.69) is 26.1 Å². The highest BCUT2D eigenvalue weighted by atomic mass is 32.1. The van der Waals surface area contributed by atoms with E-state index in [1.54, 1.807) is 0 Å². The summed E-state index contributed by atoms with van der Waals surface area (Å²) in [5, 5.41) is 25.5. The van der Waals surface area contributed by atoms with Gasteiger partial charge in [0.1, 0.15) is 10.6 Å². The van der Waals surface area contributed by atoms with Crippen LogP contribution in [0.15, 0.2) is 12.1 Å². The number of benzene rings is 1. The lowest BCUT2D eigenvalue weighted by atomic mass is 9.69. The van der Waals surface area contributed by atoms with E-state index in [0.29, 0.717) is 12.3 Å². The second-order valence-corrected chi connectivity index (χ2v) is 10.1. The van der Waals surface area contributed by atoms with Crippen molar-refractivity contribution in [2.45, 2.75) is 53.4 Å². The first-order chi connectivity index (χ1) is 15.4. The molecule has 0 bridgehead atoms. The maximum absolute atomic E-state index is 12.9. The number of nitro benzene ring substituents is 2. The number of primary amides is 1. The Bertz CT molecular complexity index is 1130. The summed E-state index contributed by atoms with van der Waals surface area (Å²) in [6.45, 7) is 7.82. The molecule has 0 unspecified atom stereocenters. The normalized spacial score (nSPS) is 15.6. The molecule has 1 atom stereocenters. The highest BCUT2D eigenvalue weighted by Gasteiger charge is 2.35. The Morgan fingerprint density at radius 2 is 1.79 bits per heavy atom. The number of nitrogens with one attached hydrogen (secondary N) is 1. The van der Waals surface area contributed by atoms with Gasteiger partial charge in [0, 0.05) is 17.0 Å². The van der Waals surface area contributed by atoms with E-state index in [4.69, 9.17) is 5.73 Å².